The van der Waals surface area contributed by atoms with Crippen molar-refractivity contribution in [3.05, 3.63) is 65.0 Å². The van der Waals surface area contributed by atoms with E-state index < -0.39 is 5.91 Å². The molecule has 0 aliphatic rings. The summed E-state index contributed by atoms with van der Waals surface area (Å²) in [5.41, 5.74) is 5.90. The van der Waals surface area contributed by atoms with Gasteiger partial charge >= 0.3 is 0 Å². The molecule has 1 aromatic carbocycles. The van der Waals surface area contributed by atoms with Gasteiger partial charge in [0.1, 0.15) is 0 Å². The van der Waals surface area contributed by atoms with Gasteiger partial charge in [0.25, 0.3) is 11.8 Å². The molecule has 0 saturated carbocycles. The highest BCUT2D eigenvalue weighted by Gasteiger charge is 2.11. The predicted molar refractivity (Wildman–Crippen MR) is 85.5 cm³/mol. The Hall–Kier alpha value is -2.54. The van der Waals surface area contributed by atoms with Crippen LogP contribution in [0.1, 0.15) is 16.1 Å². The van der Waals surface area contributed by atoms with Gasteiger partial charge in [0, 0.05) is 4.47 Å². The van der Waals surface area contributed by atoms with Crippen LogP contribution in [0.25, 0.3) is 5.70 Å². The van der Waals surface area contributed by atoms with Gasteiger partial charge in [-0.05, 0) is 40.2 Å². The summed E-state index contributed by atoms with van der Waals surface area (Å²) in [5.74, 6) is -0.238. The maximum Gasteiger partial charge on any atom is 0.257 e. The lowest BCUT2D eigenvalue weighted by molar-refractivity contribution is -0.120. The summed E-state index contributed by atoms with van der Waals surface area (Å²) in [6.07, 6.45) is 1.50. The Bertz CT molecular complexity index is 683. The number of benzene rings is 1. The number of amides is 2. The van der Waals surface area contributed by atoms with Crippen molar-refractivity contribution in [3.63, 3.8) is 0 Å². The minimum Gasteiger partial charge on any atom is -0.463 e. The fourth-order valence-electron chi connectivity index (χ4n) is 1.60. The SMILES string of the molecule is C=C(NNC(=O)CNC(=O)c1ccccc1Br)c1ccco1. The minimum atomic E-state index is -0.409. The first-order valence-corrected chi connectivity index (χ1v) is 7.17. The lowest BCUT2D eigenvalue weighted by Gasteiger charge is -2.10. The molecule has 0 radical (unpaired) electrons. The fourth-order valence-corrected chi connectivity index (χ4v) is 2.07. The summed E-state index contributed by atoms with van der Waals surface area (Å²) in [4.78, 5) is 23.6. The molecule has 0 unspecified atom stereocenters. The van der Waals surface area contributed by atoms with E-state index in [4.69, 9.17) is 4.42 Å². The van der Waals surface area contributed by atoms with Crippen LogP contribution in [0.15, 0.2) is 58.1 Å². The molecule has 22 heavy (non-hydrogen) atoms. The summed E-state index contributed by atoms with van der Waals surface area (Å²) in [5, 5.41) is 2.52. The zero-order chi connectivity index (χ0) is 15.9. The van der Waals surface area contributed by atoms with E-state index in [0.717, 1.165) is 0 Å². The van der Waals surface area contributed by atoms with Gasteiger partial charge < -0.3 is 9.73 Å². The van der Waals surface area contributed by atoms with Gasteiger partial charge in [-0.25, -0.2) is 0 Å². The van der Waals surface area contributed by atoms with E-state index in [1.807, 2.05) is 0 Å². The maximum atomic E-state index is 11.9. The fraction of sp³-hybridized carbons (Fsp3) is 0.0667. The highest BCUT2D eigenvalue weighted by molar-refractivity contribution is 9.10. The van der Waals surface area contributed by atoms with Crippen LogP contribution in [0.2, 0.25) is 0 Å². The lowest BCUT2D eigenvalue weighted by atomic mass is 10.2. The van der Waals surface area contributed by atoms with Gasteiger partial charge in [-0.2, -0.15) is 0 Å². The highest BCUT2D eigenvalue weighted by atomic mass is 79.9. The van der Waals surface area contributed by atoms with E-state index in [0.29, 0.717) is 21.5 Å². The van der Waals surface area contributed by atoms with Crippen molar-refractivity contribution in [1.29, 1.82) is 0 Å². The summed E-state index contributed by atoms with van der Waals surface area (Å²) in [6, 6.07) is 10.4. The second-order valence-corrected chi connectivity index (χ2v) is 5.15. The molecule has 2 rings (SSSR count). The normalized spacial score (nSPS) is 9.86. The number of hydrazine groups is 1. The molecular formula is C15H14BrN3O3. The van der Waals surface area contributed by atoms with Crippen LogP contribution in [0.4, 0.5) is 0 Å². The Morgan fingerprint density at radius 2 is 1.91 bits per heavy atom. The average molecular weight is 364 g/mol. The first-order chi connectivity index (χ1) is 10.6. The number of carbonyl (C=O) groups excluding carboxylic acids is 2. The van der Waals surface area contributed by atoms with Crippen molar-refractivity contribution in [2.75, 3.05) is 6.54 Å². The second-order valence-electron chi connectivity index (χ2n) is 4.29. The third kappa shape index (κ3) is 4.23. The molecular weight excluding hydrogens is 350 g/mol. The molecule has 0 saturated heterocycles. The summed E-state index contributed by atoms with van der Waals surface area (Å²) < 4.78 is 5.77. The average Bonchev–Trinajstić information content (AvgIpc) is 3.05. The Kier molecular flexibility index (Phi) is 5.37. The second kappa shape index (κ2) is 7.46. The standard InChI is InChI=1S/C15H14BrN3O3/c1-10(13-7-4-8-22-13)18-19-14(20)9-17-15(21)11-5-2-3-6-12(11)16/h2-8,18H,1,9H2,(H,17,21)(H,19,20). The van der Waals surface area contributed by atoms with Gasteiger partial charge in [-0.1, -0.05) is 18.7 Å². The van der Waals surface area contributed by atoms with Gasteiger partial charge in [0.2, 0.25) is 0 Å². The van der Waals surface area contributed by atoms with Crippen LogP contribution in [0.3, 0.4) is 0 Å². The summed E-state index contributed by atoms with van der Waals surface area (Å²) in [7, 11) is 0. The van der Waals surface area contributed by atoms with Crippen molar-refractivity contribution in [2.45, 2.75) is 0 Å². The summed E-state index contributed by atoms with van der Waals surface area (Å²) >= 11 is 3.28. The van der Waals surface area contributed by atoms with Crippen molar-refractivity contribution in [2.24, 2.45) is 0 Å². The first-order valence-electron chi connectivity index (χ1n) is 6.38. The Morgan fingerprint density at radius 3 is 2.59 bits per heavy atom. The zero-order valence-electron chi connectivity index (χ0n) is 11.6. The molecule has 1 heterocycles. The van der Waals surface area contributed by atoms with E-state index in [1.54, 1.807) is 36.4 Å². The van der Waals surface area contributed by atoms with Crippen LogP contribution in [0, 0.1) is 0 Å². The lowest BCUT2D eigenvalue weighted by Crippen LogP contribution is -2.42. The van der Waals surface area contributed by atoms with Crippen LogP contribution in [-0.4, -0.2) is 18.4 Å². The van der Waals surface area contributed by atoms with Crippen LogP contribution >= 0.6 is 15.9 Å². The highest BCUT2D eigenvalue weighted by Crippen LogP contribution is 2.15. The Labute approximate surface area is 135 Å². The minimum absolute atomic E-state index is 0.168. The number of rotatable bonds is 6. The van der Waals surface area contributed by atoms with E-state index in [-0.39, 0.29) is 12.5 Å². The van der Waals surface area contributed by atoms with Gasteiger partial charge in [-0.3, -0.25) is 20.4 Å². The maximum absolute atomic E-state index is 11.9. The van der Waals surface area contributed by atoms with Crippen molar-refractivity contribution < 1.29 is 14.0 Å². The molecule has 0 aliphatic heterocycles. The molecule has 1 aromatic heterocycles. The zero-order valence-corrected chi connectivity index (χ0v) is 13.1. The van der Waals surface area contributed by atoms with E-state index in [9.17, 15) is 9.59 Å². The molecule has 2 amide bonds. The molecule has 7 heteroatoms. The molecule has 2 aromatic rings. The number of halogens is 1. The van der Waals surface area contributed by atoms with Gasteiger partial charge in [0.15, 0.2) is 5.76 Å². The van der Waals surface area contributed by atoms with Crippen molar-refractivity contribution in [3.8, 4) is 0 Å². The Balaban J connectivity index is 1.77. The van der Waals surface area contributed by atoms with Crippen molar-refractivity contribution in [1.82, 2.24) is 16.2 Å². The van der Waals surface area contributed by atoms with Crippen LogP contribution < -0.4 is 16.2 Å². The predicted octanol–water partition coefficient (Wildman–Crippen LogP) is 2.06. The molecule has 3 N–H and O–H groups in total. The third-order valence-corrected chi connectivity index (χ3v) is 3.39. The molecule has 0 spiro atoms. The number of nitrogens with one attached hydrogen (secondary N) is 3. The van der Waals surface area contributed by atoms with Crippen LogP contribution in [-0.2, 0) is 4.79 Å². The molecule has 0 bridgehead atoms. The number of hydrogen-bond donors (Lipinski definition) is 3. The quantitative estimate of drug-likeness (QED) is 0.686. The number of furan rings is 1. The smallest absolute Gasteiger partial charge is 0.257 e. The molecule has 0 atom stereocenters. The number of hydrogen-bond acceptors (Lipinski definition) is 4. The van der Waals surface area contributed by atoms with Crippen LogP contribution in [0.5, 0.6) is 0 Å². The summed E-state index contributed by atoms with van der Waals surface area (Å²) in [6.45, 7) is 3.54. The molecule has 114 valence electrons. The molecule has 6 nitrogen and oxygen atoms in total. The first kappa shape index (κ1) is 15.8. The van der Waals surface area contributed by atoms with Gasteiger partial charge in [-0.15, -0.1) is 0 Å². The van der Waals surface area contributed by atoms with E-state index in [2.05, 4.69) is 38.7 Å². The molecule has 0 aliphatic carbocycles. The monoisotopic (exact) mass is 363 g/mol. The topological polar surface area (TPSA) is 83.4 Å². The largest absolute Gasteiger partial charge is 0.463 e. The molecule has 0 fully saturated rings. The van der Waals surface area contributed by atoms with Gasteiger partial charge in [0.05, 0.1) is 24.1 Å². The number of carbonyl (C=O) groups is 2. The van der Waals surface area contributed by atoms with E-state index >= 15 is 0 Å². The Morgan fingerprint density at radius 1 is 1.14 bits per heavy atom. The van der Waals surface area contributed by atoms with E-state index in [1.165, 1.54) is 6.26 Å². The third-order valence-electron chi connectivity index (χ3n) is 2.70. The van der Waals surface area contributed by atoms with Crippen molar-refractivity contribution >= 4 is 33.4 Å².